The van der Waals surface area contributed by atoms with Crippen LogP contribution in [0.15, 0.2) is 66.9 Å². The van der Waals surface area contributed by atoms with Gasteiger partial charge in [-0.05, 0) is 30.3 Å². The molecular weight excluding hydrogens is 426 g/mol. The second-order valence-corrected chi connectivity index (χ2v) is 8.78. The number of aliphatic hydroxyl groups is 2. The number of nitrogens with zero attached hydrogens (tertiary/aromatic N) is 2. The first-order valence-electron chi connectivity index (χ1n) is 10.4. The van der Waals surface area contributed by atoms with Crippen LogP contribution in [-0.4, -0.2) is 34.9 Å². The molecule has 0 amide bonds. The Bertz CT molecular complexity index is 1200. The van der Waals surface area contributed by atoms with E-state index < -0.39 is 23.2 Å². The minimum Gasteiger partial charge on any atom is -0.476 e. The van der Waals surface area contributed by atoms with Gasteiger partial charge in [-0.3, -0.25) is 4.98 Å². The van der Waals surface area contributed by atoms with Crippen molar-refractivity contribution in [2.24, 2.45) is 5.92 Å². The zero-order valence-electron chi connectivity index (χ0n) is 17.4. The fourth-order valence-electron chi connectivity index (χ4n) is 5.52. The highest BCUT2D eigenvalue weighted by molar-refractivity contribution is 6.30. The first-order chi connectivity index (χ1) is 15.5. The molecule has 32 heavy (non-hydrogen) atoms. The summed E-state index contributed by atoms with van der Waals surface area (Å²) in [6.45, 7) is 0.452. The maximum absolute atomic E-state index is 12.3. The third-order valence-electron chi connectivity index (χ3n) is 6.76. The summed E-state index contributed by atoms with van der Waals surface area (Å²) in [5.41, 5.74) is -0.872. The average molecular weight is 448 g/mol. The van der Waals surface area contributed by atoms with Gasteiger partial charge in [0.05, 0.1) is 22.8 Å². The number of nitrogens with one attached hydrogen (secondary N) is 1. The van der Waals surface area contributed by atoms with Gasteiger partial charge < -0.3 is 20.3 Å². The lowest BCUT2D eigenvalue weighted by molar-refractivity contribution is -0.153. The molecule has 0 radical (unpaired) electrons. The SMILES string of the molecule is CNC[C@@H]1[C@@H](O)[C@]2(O)c3ncc(Cl)cc3O[C@@]2(c2ccc(C#N)cc2)[C@H]1c1ccccc1. The molecule has 3 N–H and O–H groups in total. The Balaban J connectivity index is 1.83. The van der Waals surface area contributed by atoms with Crippen molar-refractivity contribution in [3.05, 3.63) is 94.3 Å². The van der Waals surface area contributed by atoms with E-state index in [9.17, 15) is 15.5 Å². The van der Waals surface area contributed by atoms with E-state index in [1.165, 1.54) is 6.20 Å². The molecule has 2 aliphatic rings. The summed E-state index contributed by atoms with van der Waals surface area (Å²) in [6, 6.07) is 20.4. The van der Waals surface area contributed by atoms with Gasteiger partial charge in [0.25, 0.3) is 0 Å². The standard InChI is InChI=1S/C25H22ClN3O3/c1-28-14-19-21(16-5-3-2-4-6-16)25(17-9-7-15(12-27)8-10-17)24(31,23(19)30)22-20(32-25)11-18(26)13-29-22/h2-11,13,19,21,23,28,30-31H,14H2,1H3/t19-,21-,23+,24+,25-/m0/s1. The molecule has 0 saturated heterocycles. The zero-order valence-corrected chi connectivity index (χ0v) is 18.1. The van der Waals surface area contributed by atoms with E-state index in [0.717, 1.165) is 5.56 Å². The molecule has 1 saturated carbocycles. The second-order valence-electron chi connectivity index (χ2n) is 8.35. The molecule has 2 heterocycles. The van der Waals surface area contributed by atoms with Crippen LogP contribution in [0.1, 0.15) is 28.3 Å². The van der Waals surface area contributed by atoms with Crippen molar-refractivity contribution in [1.82, 2.24) is 10.3 Å². The molecule has 1 aromatic heterocycles. The topological polar surface area (TPSA) is 98.4 Å². The number of hydrogen-bond acceptors (Lipinski definition) is 6. The molecule has 0 unspecified atom stereocenters. The molecule has 2 aromatic carbocycles. The molecule has 1 aliphatic heterocycles. The average Bonchev–Trinajstić information content (AvgIpc) is 3.17. The van der Waals surface area contributed by atoms with Crippen LogP contribution in [-0.2, 0) is 11.2 Å². The summed E-state index contributed by atoms with van der Waals surface area (Å²) >= 11 is 6.19. The normalized spacial score (nSPS) is 30.3. The number of fused-ring (bicyclic) bond motifs is 3. The van der Waals surface area contributed by atoms with Crippen molar-refractivity contribution in [1.29, 1.82) is 5.26 Å². The maximum Gasteiger partial charge on any atom is 0.181 e. The molecule has 1 aliphatic carbocycles. The van der Waals surface area contributed by atoms with Crippen LogP contribution in [0.4, 0.5) is 0 Å². The fourth-order valence-corrected chi connectivity index (χ4v) is 5.67. The Labute approximate surface area is 191 Å². The number of hydrogen-bond donors (Lipinski definition) is 3. The van der Waals surface area contributed by atoms with Crippen molar-refractivity contribution in [3.63, 3.8) is 0 Å². The first kappa shape index (κ1) is 20.9. The van der Waals surface area contributed by atoms with E-state index >= 15 is 0 Å². The molecule has 3 aromatic rings. The number of aliphatic hydroxyl groups excluding tert-OH is 1. The smallest absolute Gasteiger partial charge is 0.181 e. The molecule has 6 nitrogen and oxygen atoms in total. The fraction of sp³-hybridized carbons (Fsp3) is 0.280. The summed E-state index contributed by atoms with van der Waals surface area (Å²) in [6.07, 6.45) is 0.275. The minimum atomic E-state index is -1.83. The lowest BCUT2D eigenvalue weighted by Gasteiger charge is -2.40. The predicted molar refractivity (Wildman–Crippen MR) is 119 cm³/mol. The number of benzene rings is 2. The third-order valence-corrected chi connectivity index (χ3v) is 6.97. The molecule has 0 bridgehead atoms. The molecule has 1 fully saturated rings. The van der Waals surface area contributed by atoms with E-state index in [4.69, 9.17) is 16.3 Å². The molecule has 5 atom stereocenters. The van der Waals surface area contributed by atoms with E-state index in [1.54, 1.807) is 30.3 Å². The van der Waals surface area contributed by atoms with Crippen molar-refractivity contribution in [3.8, 4) is 11.8 Å². The van der Waals surface area contributed by atoms with E-state index in [2.05, 4.69) is 16.4 Å². The quantitative estimate of drug-likeness (QED) is 0.568. The highest BCUT2D eigenvalue weighted by Gasteiger charge is 2.76. The minimum absolute atomic E-state index is 0.262. The van der Waals surface area contributed by atoms with Crippen molar-refractivity contribution >= 4 is 11.6 Å². The summed E-state index contributed by atoms with van der Waals surface area (Å²) in [4.78, 5) is 4.41. The van der Waals surface area contributed by atoms with Gasteiger partial charge in [-0.1, -0.05) is 54.1 Å². The zero-order chi connectivity index (χ0) is 22.5. The van der Waals surface area contributed by atoms with Crippen LogP contribution in [0, 0.1) is 17.2 Å². The number of nitriles is 1. The Kier molecular flexibility index (Phi) is 4.95. The number of rotatable bonds is 4. The Morgan fingerprint density at radius 1 is 1.19 bits per heavy atom. The highest BCUT2D eigenvalue weighted by Crippen LogP contribution is 2.67. The predicted octanol–water partition coefficient (Wildman–Crippen LogP) is 3.08. The monoisotopic (exact) mass is 447 g/mol. The van der Waals surface area contributed by atoms with Gasteiger partial charge in [0.2, 0.25) is 0 Å². The number of aromatic nitrogens is 1. The van der Waals surface area contributed by atoms with Crippen molar-refractivity contribution < 1.29 is 14.9 Å². The number of halogens is 1. The van der Waals surface area contributed by atoms with Crippen LogP contribution in [0.3, 0.4) is 0 Å². The van der Waals surface area contributed by atoms with Crippen molar-refractivity contribution in [2.45, 2.75) is 23.2 Å². The van der Waals surface area contributed by atoms with Crippen LogP contribution in [0.25, 0.3) is 0 Å². The third kappa shape index (κ3) is 2.66. The van der Waals surface area contributed by atoms with Crippen LogP contribution in [0.5, 0.6) is 5.75 Å². The molecule has 7 heteroatoms. The van der Waals surface area contributed by atoms with Gasteiger partial charge in [0, 0.05) is 30.6 Å². The Morgan fingerprint density at radius 2 is 1.91 bits per heavy atom. The van der Waals surface area contributed by atoms with Gasteiger partial charge in [-0.2, -0.15) is 5.26 Å². The Morgan fingerprint density at radius 3 is 2.56 bits per heavy atom. The number of ether oxygens (including phenoxy) is 1. The maximum atomic E-state index is 12.3. The van der Waals surface area contributed by atoms with Gasteiger partial charge in [0.15, 0.2) is 11.2 Å². The second kappa shape index (κ2) is 7.58. The van der Waals surface area contributed by atoms with E-state index in [-0.39, 0.29) is 11.6 Å². The summed E-state index contributed by atoms with van der Waals surface area (Å²) in [7, 11) is 1.81. The van der Waals surface area contributed by atoms with Crippen LogP contribution < -0.4 is 10.1 Å². The highest BCUT2D eigenvalue weighted by atomic mass is 35.5. The largest absolute Gasteiger partial charge is 0.476 e. The molecular formula is C25H22ClN3O3. The van der Waals surface area contributed by atoms with Crippen molar-refractivity contribution in [2.75, 3.05) is 13.6 Å². The molecule has 5 rings (SSSR count). The summed E-state index contributed by atoms with van der Waals surface area (Å²) in [5.74, 6) is -0.460. The number of pyridine rings is 1. The van der Waals surface area contributed by atoms with Crippen LogP contribution >= 0.6 is 11.6 Å². The lowest BCUT2D eigenvalue weighted by atomic mass is 9.71. The first-order valence-corrected chi connectivity index (χ1v) is 10.8. The molecule has 0 spiro atoms. The van der Waals surface area contributed by atoms with E-state index in [1.807, 2.05) is 37.4 Å². The van der Waals surface area contributed by atoms with Gasteiger partial charge in [0.1, 0.15) is 11.4 Å². The van der Waals surface area contributed by atoms with Gasteiger partial charge >= 0.3 is 0 Å². The summed E-state index contributed by atoms with van der Waals surface area (Å²) in [5, 5.41) is 36.8. The Hall–Kier alpha value is -2.95. The lowest BCUT2D eigenvalue weighted by Crippen LogP contribution is -2.52. The van der Waals surface area contributed by atoms with Gasteiger partial charge in [-0.15, -0.1) is 0 Å². The molecule has 162 valence electrons. The summed E-state index contributed by atoms with van der Waals surface area (Å²) < 4.78 is 6.61. The van der Waals surface area contributed by atoms with Gasteiger partial charge in [-0.25, -0.2) is 0 Å². The van der Waals surface area contributed by atoms with Crippen LogP contribution in [0.2, 0.25) is 5.02 Å². The van der Waals surface area contributed by atoms with E-state index in [0.29, 0.717) is 28.4 Å².